The molecule has 3 aromatic rings. The number of urea groups is 1. The van der Waals surface area contributed by atoms with E-state index < -0.39 is 0 Å². The third kappa shape index (κ3) is 7.48. The normalized spacial score (nSPS) is 10.4. The number of hydrogen-bond donors (Lipinski definition) is 2. The minimum Gasteiger partial charge on any atom is -0.385 e. The summed E-state index contributed by atoms with van der Waals surface area (Å²) in [5, 5.41) is 11.0. The van der Waals surface area contributed by atoms with Gasteiger partial charge in [0.25, 0.3) is 0 Å². The Labute approximate surface area is 178 Å². The fraction of sp³-hybridized carbons (Fsp3) is 0.435. The molecule has 0 atom stereocenters. The van der Waals surface area contributed by atoms with E-state index in [4.69, 9.17) is 4.74 Å². The molecule has 162 valence electrons. The Bertz CT molecular complexity index is 853. The van der Waals surface area contributed by atoms with E-state index in [-0.39, 0.29) is 6.03 Å². The molecule has 0 spiro atoms. The highest BCUT2D eigenvalue weighted by atomic mass is 16.5. The first-order valence-corrected chi connectivity index (χ1v) is 10.6. The van der Waals surface area contributed by atoms with Crippen LogP contribution in [0.1, 0.15) is 38.8 Å². The van der Waals surface area contributed by atoms with Crippen LogP contribution in [0, 0.1) is 0 Å². The molecule has 0 aliphatic rings. The van der Waals surface area contributed by atoms with E-state index in [9.17, 15) is 4.79 Å². The van der Waals surface area contributed by atoms with Gasteiger partial charge >= 0.3 is 6.03 Å². The Morgan fingerprint density at radius 2 is 1.80 bits per heavy atom. The summed E-state index contributed by atoms with van der Waals surface area (Å²) in [6.45, 7) is 6.27. The molecular weight excluding hydrogens is 378 g/mol. The van der Waals surface area contributed by atoms with E-state index in [1.54, 1.807) is 7.11 Å². The fourth-order valence-corrected chi connectivity index (χ4v) is 2.99. The molecule has 3 rings (SSSR count). The Hall–Kier alpha value is -2.93. The number of carbonyl (C=O) groups excluding carboxylic acids is 1. The zero-order chi connectivity index (χ0) is 21.6. The van der Waals surface area contributed by atoms with Crippen molar-refractivity contribution < 1.29 is 9.53 Å². The number of nitrogens with zero attached hydrogens (tertiary/aromatic N) is 3. The van der Waals surface area contributed by atoms with Crippen molar-refractivity contribution in [1.29, 1.82) is 0 Å². The standard InChI is InChI=1S/C17H27N5O2.C6H6/c1-4-6-9-18-17(23)21-15-11-13-12-19-22(5-2)16(13)14(20-15)8-7-10-24-3;1-2-4-6-5-3-1/h11-12H,4-10H2,1-3H3,(H2,18,20,21,23);1-6H. The Kier molecular flexibility index (Phi) is 10.4. The van der Waals surface area contributed by atoms with Gasteiger partial charge in [-0.1, -0.05) is 49.7 Å². The maximum absolute atomic E-state index is 12.0. The number of methoxy groups -OCH3 is 1. The van der Waals surface area contributed by atoms with Crippen LogP contribution in [-0.2, 0) is 17.7 Å². The molecule has 0 bridgehead atoms. The number of anilines is 1. The molecule has 7 nitrogen and oxygen atoms in total. The van der Waals surface area contributed by atoms with Crippen LogP contribution in [0.5, 0.6) is 0 Å². The van der Waals surface area contributed by atoms with E-state index in [1.165, 1.54) is 0 Å². The van der Waals surface area contributed by atoms with Gasteiger partial charge in [0, 0.05) is 32.2 Å². The molecule has 0 aliphatic heterocycles. The van der Waals surface area contributed by atoms with Crippen molar-refractivity contribution in [2.24, 2.45) is 0 Å². The summed E-state index contributed by atoms with van der Waals surface area (Å²) < 4.78 is 7.07. The summed E-state index contributed by atoms with van der Waals surface area (Å²) in [5.74, 6) is 0.555. The summed E-state index contributed by atoms with van der Waals surface area (Å²) in [6, 6.07) is 13.6. The van der Waals surface area contributed by atoms with Gasteiger partial charge in [0.2, 0.25) is 0 Å². The van der Waals surface area contributed by atoms with E-state index in [1.807, 2.05) is 53.3 Å². The molecule has 0 aliphatic carbocycles. The van der Waals surface area contributed by atoms with Crippen LogP contribution in [0.15, 0.2) is 48.7 Å². The minimum absolute atomic E-state index is 0.221. The molecule has 2 aromatic heterocycles. The van der Waals surface area contributed by atoms with Gasteiger partial charge in [-0.25, -0.2) is 9.78 Å². The number of hydrogen-bond acceptors (Lipinski definition) is 4. The average Bonchev–Trinajstić information content (AvgIpc) is 3.19. The van der Waals surface area contributed by atoms with E-state index in [0.29, 0.717) is 19.0 Å². The van der Waals surface area contributed by atoms with Crippen LogP contribution >= 0.6 is 0 Å². The molecule has 0 saturated carbocycles. The van der Waals surface area contributed by atoms with Crippen molar-refractivity contribution in [3.8, 4) is 0 Å². The summed E-state index contributed by atoms with van der Waals surface area (Å²) in [7, 11) is 1.69. The number of aryl methyl sites for hydroxylation is 2. The first kappa shape index (κ1) is 23.3. The van der Waals surface area contributed by atoms with Crippen molar-refractivity contribution in [2.45, 2.75) is 46.1 Å². The lowest BCUT2D eigenvalue weighted by Crippen LogP contribution is -2.29. The summed E-state index contributed by atoms with van der Waals surface area (Å²) in [6.07, 6.45) is 5.49. The first-order chi connectivity index (χ1) is 14.7. The maximum Gasteiger partial charge on any atom is 0.320 e. The molecule has 0 unspecified atom stereocenters. The van der Waals surface area contributed by atoms with Crippen LogP contribution in [0.4, 0.5) is 10.6 Å². The van der Waals surface area contributed by atoms with Gasteiger partial charge in [-0.3, -0.25) is 10.00 Å². The third-order valence-corrected chi connectivity index (χ3v) is 4.47. The smallest absolute Gasteiger partial charge is 0.320 e. The van der Waals surface area contributed by atoms with E-state index >= 15 is 0 Å². The van der Waals surface area contributed by atoms with E-state index in [2.05, 4.69) is 34.6 Å². The second kappa shape index (κ2) is 13.3. The monoisotopic (exact) mass is 411 g/mol. The number of ether oxygens (including phenoxy) is 1. The lowest BCUT2D eigenvalue weighted by atomic mass is 10.1. The molecular formula is C23H33N5O2. The van der Waals surface area contributed by atoms with Gasteiger partial charge in [0.1, 0.15) is 5.82 Å². The summed E-state index contributed by atoms with van der Waals surface area (Å²) in [5.41, 5.74) is 1.97. The van der Waals surface area contributed by atoms with Crippen LogP contribution in [0.25, 0.3) is 10.9 Å². The predicted octanol–water partition coefficient (Wildman–Crippen LogP) is 4.64. The SMILES string of the molecule is CCCCNC(=O)Nc1cc2cnn(CC)c2c(CCCOC)n1.c1ccccc1. The van der Waals surface area contributed by atoms with Crippen molar-refractivity contribution in [2.75, 3.05) is 25.6 Å². The molecule has 1 aromatic carbocycles. The molecule has 0 fully saturated rings. The quantitative estimate of drug-likeness (QED) is 0.503. The highest BCUT2D eigenvalue weighted by Crippen LogP contribution is 2.22. The lowest BCUT2D eigenvalue weighted by Gasteiger charge is -2.10. The van der Waals surface area contributed by atoms with Crippen LogP contribution in [0.3, 0.4) is 0 Å². The number of aromatic nitrogens is 3. The topological polar surface area (TPSA) is 81.1 Å². The maximum atomic E-state index is 12.0. The Balaban J connectivity index is 0.000000456. The minimum atomic E-state index is -0.221. The van der Waals surface area contributed by atoms with Gasteiger partial charge in [-0.2, -0.15) is 5.10 Å². The third-order valence-electron chi connectivity index (χ3n) is 4.47. The Morgan fingerprint density at radius 3 is 2.40 bits per heavy atom. The van der Waals surface area contributed by atoms with Crippen LogP contribution in [0.2, 0.25) is 0 Å². The zero-order valence-electron chi connectivity index (χ0n) is 18.2. The molecule has 2 N–H and O–H groups in total. The molecule has 0 saturated heterocycles. The van der Waals surface area contributed by atoms with Crippen molar-refractivity contribution >= 4 is 22.8 Å². The molecule has 2 amide bonds. The van der Waals surface area contributed by atoms with Gasteiger partial charge in [-0.05, 0) is 32.3 Å². The van der Waals surface area contributed by atoms with Gasteiger partial charge in [0.05, 0.1) is 17.4 Å². The summed E-state index contributed by atoms with van der Waals surface area (Å²) in [4.78, 5) is 16.6. The van der Waals surface area contributed by atoms with Gasteiger partial charge in [-0.15, -0.1) is 0 Å². The van der Waals surface area contributed by atoms with Crippen LogP contribution in [-0.4, -0.2) is 41.1 Å². The number of unbranched alkanes of at least 4 members (excludes halogenated alkanes) is 1. The Morgan fingerprint density at radius 1 is 1.10 bits per heavy atom. The highest BCUT2D eigenvalue weighted by molar-refractivity contribution is 5.91. The fourth-order valence-electron chi connectivity index (χ4n) is 2.99. The number of nitrogens with one attached hydrogen (secondary N) is 2. The number of fused-ring (bicyclic) bond motifs is 1. The number of carbonyl (C=O) groups is 1. The number of rotatable bonds is 9. The van der Waals surface area contributed by atoms with Crippen molar-refractivity contribution in [3.05, 3.63) is 54.4 Å². The van der Waals surface area contributed by atoms with Gasteiger partial charge in [0.15, 0.2) is 0 Å². The number of benzene rings is 1. The largest absolute Gasteiger partial charge is 0.385 e. The highest BCUT2D eigenvalue weighted by Gasteiger charge is 2.12. The average molecular weight is 412 g/mol. The first-order valence-electron chi connectivity index (χ1n) is 10.6. The zero-order valence-corrected chi connectivity index (χ0v) is 18.2. The van der Waals surface area contributed by atoms with E-state index in [0.717, 1.165) is 48.8 Å². The summed E-state index contributed by atoms with van der Waals surface area (Å²) >= 11 is 0. The molecule has 2 heterocycles. The predicted molar refractivity (Wildman–Crippen MR) is 122 cm³/mol. The molecule has 7 heteroatoms. The molecule has 0 radical (unpaired) electrons. The lowest BCUT2D eigenvalue weighted by molar-refractivity contribution is 0.195. The number of pyridine rings is 1. The second-order valence-electron chi connectivity index (χ2n) is 6.84. The van der Waals surface area contributed by atoms with Crippen molar-refractivity contribution in [1.82, 2.24) is 20.1 Å². The second-order valence-corrected chi connectivity index (χ2v) is 6.84. The van der Waals surface area contributed by atoms with Gasteiger partial charge < -0.3 is 10.1 Å². The van der Waals surface area contributed by atoms with Crippen LogP contribution < -0.4 is 10.6 Å². The van der Waals surface area contributed by atoms with Crippen molar-refractivity contribution in [3.63, 3.8) is 0 Å². The number of amides is 2. The molecule has 30 heavy (non-hydrogen) atoms.